The standard InChI is InChI=1S/C21H24N4O/c1-4-26-17-11-9-16(10-12-17)23-21-22-14-13-20(25-21)24-19-8-6-5-7-18(19)15(2)3/h5-15H,4H2,1-3H3,(H2,22,23,24,25). The Morgan fingerprint density at radius 2 is 1.73 bits per heavy atom. The first kappa shape index (κ1) is 17.7. The largest absolute Gasteiger partial charge is 0.494 e. The second-order valence-corrected chi connectivity index (χ2v) is 6.21. The van der Waals surface area contributed by atoms with Crippen LogP contribution in [0.4, 0.5) is 23.1 Å². The van der Waals surface area contributed by atoms with Gasteiger partial charge in [0, 0.05) is 17.6 Å². The fraction of sp³-hybridized carbons (Fsp3) is 0.238. The van der Waals surface area contributed by atoms with Gasteiger partial charge in [0.1, 0.15) is 11.6 Å². The minimum Gasteiger partial charge on any atom is -0.494 e. The van der Waals surface area contributed by atoms with Crippen molar-refractivity contribution < 1.29 is 4.74 Å². The van der Waals surface area contributed by atoms with Crippen LogP contribution in [-0.2, 0) is 0 Å². The summed E-state index contributed by atoms with van der Waals surface area (Å²) in [6.07, 6.45) is 1.74. The van der Waals surface area contributed by atoms with Gasteiger partial charge < -0.3 is 15.4 Å². The van der Waals surface area contributed by atoms with Crippen LogP contribution in [0.5, 0.6) is 5.75 Å². The predicted molar refractivity (Wildman–Crippen MR) is 107 cm³/mol. The van der Waals surface area contributed by atoms with Crippen LogP contribution in [-0.4, -0.2) is 16.6 Å². The molecule has 0 unspecified atom stereocenters. The van der Waals surface area contributed by atoms with Crippen LogP contribution in [0.3, 0.4) is 0 Å². The van der Waals surface area contributed by atoms with Crippen molar-refractivity contribution in [1.82, 2.24) is 9.97 Å². The molecule has 3 aromatic rings. The van der Waals surface area contributed by atoms with E-state index < -0.39 is 0 Å². The molecule has 2 N–H and O–H groups in total. The smallest absolute Gasteiger partial charge is 0.229 e. The van der Waals surface area contributed by atoms with Crippen molar-refractivity contribution in [2.24, 2.45) is 0 Å². The Bertz CT molecular complexity index is 847. The zero-order valence-corrected chi connectivity index (χ0v) is 15.4. The van der Waals surface area contributed by atoms with Crippen LogP contribution < -0.4 is 15.4 Å². The number of nitrogens with one attached hydrogen (secondary N) is 2. The van der Waals surface area contributed by atoms with Crippen molar-refractivity contribution in [3.05, 3.63) is 66.4 Å². The van der Waals surface area contributed by atoms with Crippen LogP contribution in [0, 0.1) is 0 Å². The molecule has 0 radical (unpaired) electrons. The molecule has 5 heteroatoms. The van der Waals surface area contributed by atoms with Gasteiger partial charge in [0.2, 0.25) is 5.95 Å². The van der Waals surface area contributed by atoms with Gasteiger partial charge in [-0.05, 0) is 54.8 Å². The summed E-state index contributed by atoms with van der Waals surface area (Å²) >= 11 is 0. The van der Waals surface area contributed by atoms with Crippen LogP contribution in [0.2, 0.25) is 0 Å². The van der Waals surface area contributed by atoms with E-state index in [4.69, 9.17) is 4.74 Å². The number of benzene rings is 2. The molecule has 0 amide bonds. The summed E-state index contributed by atoms with van der Waals surface area (Å²) in [4.78, 5) is 8.86. The number of aromatic nitrogens is 2. The lowest BCUT2D eigenvalue weighted by molar-refractivity contribution is 0.340. The Kier molecular flexibility index (Phi) is 5.69. The van der Waals surface area contributed by atoms with Crippen molar-refractivity contribution in [3.63, 3.8) is 0 Å². The highest BCUT2D eigenvalue weighted by atomic mass is 16.5. The molecule has 0 atom stereocenters. The Morgan fingerprint density at radius 3 is 2.46 bits per heavy atom. The number of para-hydroxylation sites is 1. The number of anilines is 4. The number of nitrogens with zero attached hydrogens (tertiary/aromatic N) is 2. The van der Waals surface area contributed by atoms with Crippen molar-refractivity contribution in [1.29, 1.82) is 0 Å². The van der Waals surface area contributed by atoms with Gasteiger partial charge in [-0.3, -0.25) is 0 Å². The Hall–Kier alpha value is -3.08. The maximum Gasteiger partial charge on any atom is 0.229 e. The van der Waals surface area contributed by atoms with Gasteiger partial charge in [-0.15, -0.1) is 0 Å². The molecule has 0 aliphatic rings. The zero-order valence-electron chi connectivity index (χ0n) is 15.4. The first-order chi connectivity index (χ1) is 12.7. The topological polar surface area (TPSA) is 59.1 Å². The van der Waals surface area contributed by atoms with Gasteiger partial charge in [0.15, 0.2) is 0 Å². The molecule has 134 valence electrons. The third-order valence-electron chi connectivity index (χ3n) is 3.92. The Labute approximate surface area is 154 Å². The van der Waals surface area contributed by atoms with Gasteiger partial charge in [-0.25, -0.2) is 4.98 Å². The first-order valence-corrected chi connectivity index (χ1v) is 8.84. The van der Waals surface area contributed by atoms with Crippen molar-refractivity contribution >= 4 is 23.1 Å². The fourth-order valence-electron chi connectivity index (χ4n) is 2.67. The third-order valence-corrected chi connectivity index (χ3v) is 3.92. The summed E-state index contributed by atoms with van der Waals surface area (Å²) in [5, 5.41) is 6.61. The molecule has 2 aromatic carbocycles. The number of hydrogen-bond acceptors (Lipinski definition) is 5. The average Bonchev–Trinajstić information content (AvgIpc) is 2.64. The monoisotopic (exact) mass is 348 g/mol. The van der Waals surface area contributed by atoms with Gasteiger partial charge in [0.05, 0.1) is 6.61 Å². The van der Waals surface area contributed by atoms with Gasteiger partial charge in [-0.1, -0.05) is 32.0 Å². The molecule has 0 bridgehead atoms. The molecule has 0 aliphatic heterocycles. The van der Waals surface area contributed by atoms with Crippen LogP contribution in [0.1, 0.15) is 32.3 Å². The van der Waals surface area contributed by atoms with Crippen LogP contribution >= 0.6 is 0 Å². The predicted octanol–water partition coefficient (Wildman–Crippen LogP) is 5.49. The number of ether oxygens (including phenoxy) is 1. The molecule has 26 heavy (non-hydrogen) atoms. The van der Waals surface area contributed by atoms with Gasteiger partial charge in [-0.2, -0.15) is 4.98 Å². The number of rotatable bonds is 7. The lowest BCUT2D eigenvalue weighted by atomic mass is 10.0. The quantitative estimate of drug-likeness (QED) is 0.591. The maximum atomic E-state index is 5.46. The van der Waals surface area contributed by atoms with E-state index in [0.717, 1.165) is 22.9 Å². The second kappa shape index (κ2) is 8.34. The lowest BCUT2D eigenvalue weighted by Gasteiger charge is -2.14. The normalized spacial score (nSPS) is 10.6. The Morgan fingerprint density at radius 1 is 0.962 bits per heavy atom. The molecule has 0 fully saturated rings. The average molecular weight is 348 g/mol. The molecule has 1 heterocycles. The summed E-state index contributed by atoms with van der Waals surface area (Å²) < 4.78 is 5.46. The van der Waals surface area contributed by atoms with Crippen molar-refractivity contribution in [2.45, 2.75) is 26.7 Å². The molecule has 0 saturated heterocycles. The second-order valence-electron chi connectivity index (χ2n) is 6.21. The highest BCUT2D eigenvalue weighted by molar-refractivity contribution is 5.63. The molecule has 0 saturated carbocycles. The zero-order chi connectivity index (χ0) is 18.4. The van der Waals surface area contributed by atoms with Crippen LogP contribution in [0.15, 0.2) is 60.8 Å². The maximum absolute atomic E-state index is 5.46. The van der Waals surface area contributed by atoms with Crippen molar-refractivity contribution in [3.8, 4) is 5.75 Å². The van der Waals surface area contributed by atoms with Gasteiger partial charge in [0.25, 0.3) is 0 Å². The van der Waals surface area contributed by atoms with E-state index in [1.165, 1.54) is 5.56 Å². The molecule has 5 nitrogen and oxygen atoms in total. The molecule has 1 aromatic heterocycles. The number of hydrogen-bond donors (Lipinski definition) is 2. The highest BCUT2D eigenvalue weighted by Crippen LogP contribution is 2.26. The molecule has 0 aliphatic carbocycles. The van der Waals surface area contributed by atoms with E-state index in [2.05, 4.69) is 52.6 Å². The molecular formula is C21H24N4O. The summed E-state index contributed by atoms with van der Waals surface area (Å²) in [6.45, 7) is 6.98. The third kappa shape index (κ3) is 4.51. The van der Waals surface area contributed by atoms with E-state index in [1.807, 2.05) is 43.3 Å². The summed E-state index contributed by atoms with van der Waals surface area (Å²) in [7, 11) is 0. The van der Waals surface area contributed by atoms with E-state index in [0.29, 0.717) is 18.5 Å². The molecular weight excluding hydrogens is 324 g/mol. The van der Waals surface area contributed by atoms with E-state index >= 15 is 0 Å². The fourth-order valence-corrected chi connectivity index (χ4v) is 2.67. The van der Waals surface area contributed by atoms with Crippen molar-refractivity contribution in [2.75, 3.05) is 17.2 Å². The minimum absolute atomic E-state index is 0.432. The molecule has 0 spiro atoms. The van der Waals surface area contributed by atoms with E-state index in [9.17, 15) is 0 Å². The first-order valence-electron chi connectivity index (χ1n) is 8.84. The van der Waals surface area contributed by atoms with E-state index in [1.54, 1.807) is 6.20 Å². The minimum atomic E-state index is 0.432. The highest BCUT2D eigenvalue weighted by Gasteiger charge is 2.07. The lowest BCUT2D eigenvalue weighted by Crippen LogP contribution is -2.02. The van der Waals surface area contributed by atoms with E-state index in [-0.39, 0.29) is 0 Å². The van der Waals surface area contributed by atoms with Gasteiger partial charge >= 0.3 is 0 Å². The summed E-state index contributed by atoms with van der Waals surface area (Å²) in [5.41, 5.74) is 3.23. The SMILES string of the molecule is CCOc1ccc(Nc2nccc(Nc3ccccc3C(C)C)n2)cc1. The Balaban J connectivity index is 1.74. The summed E-state index contributed by atoms with van der Waals surface area (Å²) in [5.74, 6) is 2.57. The summed E-state index contributed by atoms with van der Waals surface area (Å²) in [6, 6.07) is 17.9. The van der Waals surface area contributed by atoms with Crippen LogP contribution in [0.25, 0.3) is 0 Å². The molecule has 3 rings (SSSR count).